The maximum absolute atomic E-state index is 6.30. The van der Waals surface area contributed by atoms with Gasteiger partial charge in [-0.05, 0) is 67.6 Å². The summed E-state index contributed by atoms with van der Waals surface area (Å²) in [5.41, 5.74) is 0.464. The van der Waals surface area contributed by atoms with Crippen LogP contribution in [0.25, 0.3) is 0 Å². The summed E-state index contributed by atoms with van der Waals surface area (Å²) in [6, 6.07) is 0. The van der Waals surface area contributed by atoms with E-state index in [-0.39, 0.29) is 22.4 Å². The van der Waals surface area contributed by atoms with Crippen molar-refractivity contribution in [1.82, 2.24) is 0 Å². The Morgan fingerprint density at radius 3 is 2.25 bits per heavy atom. The molecule has 2 saturated heterocycles. The van der Waals surface area contributed by atoms with Gasteiger partial charge in [-0.1, -0.05) is 13.0 Å². The lowest BCUT2D eigenvalue weighted by molar-refractivity contribution is -0.254. The van der Waals surface area contributed by atoms with Crippen LogP contribution in [-0.2, 0) is 18.9 Å². The summed E-state index contributed by atoms with van der Waals surface area (Å²) >= 11 is 0. The number of allylic oxidation sites excluding steroid dienone is 1. The molecule has 0 unspecified atom stereocenters. The van der Waals surface area contributed by atoms with Crippen molar-refractivity contribution in [1.29, 1.82) is 0 Å². The van der Waals surface area contributed by atoms with E-state index < -0.39 is 0 Å². The minimum absolute atomic E-state index is 0.188. The number of hydrogen-bond acceptors (Lipinski definition) is 4. The van der Waals surface area contributed by atoms with E-state index in [1.807, 2.05) is 0 Å². The summed E-state index contributed by atoms with van der Waals surface area (Å²) < 4.78 is 24.8. The molecule has 4 nitrogen and oxygen atoms in total. The van der Waals surface area contributed by atoms with Crippen molar-refractivity contribution in [3.63, 3.8) is 0 Å². The standard InChI is InChI=1S/C24H36O4/c1-3-22-10-11-23(25-12-13-26-23)16-17(22)4-5-18-19-7-9-24(27-14-15-28-24)21(19,2)8-6-20(18)22/h3,17-20H,1,4-16H2,2H3/t17-,18+,19+,20+,21+,22+/m1/s1. The van der Waals surface area contributed by atoms with Gasteiger partial charge < -0.3 is 18.9 Å². The summed E-state index contributed by atoms with van der Waals surface area (Å²) in [5, 5.41) is 0. The molecule has 4 saturated carbocycles. The smallest absolute Gasteiger partial charge is 0.174 e. The van der Waals surface area contributed by atoms with Gasteiger partial charge in [0.1, 0.15) is 0 Å². The Morgan fingerprint density at radius 2 is 1.50 bits per heavy atom. The van der Waals surface area contributed by atoms with Gasteiger partial charge in [0, 0.05) is 24.7 Å². The number of fused-ring (bicyclic) bond motifs is 6. The maximum Gasteiger partial charge on any atom is 0.174 e. The molecule has 6 fully saturated rings. The van der Waals surface area contributed by atoms with Crippen LogP contribution in [0.5, 0.6) is 0 Å². The van der Waals surface area contributed by atoms with Crippen LogP contribution in [-0.4, -0.2) is 38.0 Å². The summed E-state index contributed by atoms with van der Waals surface area (Å²) in [6.45, 7) is 9.97. The first-order chi connectivity index (χ1) is 13.6. The van der Waals surface area contributed by atoms with Gasteiger partial charge in [0.15, 0.2) is 11.6 Å². The van der Waals surface area contributed by atoms with E-state index in [4.69, 9.17) is 18.9 Å². The third-order valence-corrected chi connectivity index (χ3v) is 10.2. The molecule has 0 aromatic heterocycles. The number of ether oxygens (including phenoxy) is 4. The molecule has 4 aliphatic carbocycles. The van der Waals surface area contributed by atoms with Gasteiger partial charge >= 0.3 is 0 Å². The highest BCUT2D eigenvalue weighted by molar-refractivity contribution is 5.17. The largest absolute Gasteiger partial charge is 0.348 e. The van der Waals surface area contributed by atoms with Crippen molar-refractivity contribution in [2.24, 2.45) is 34.5 Å². The van der Waals surface area contributed by atoms with Crippen molar-refractivity contribution in [2.45, 2.75) is 76.3 Å². The van der Waals surface area contributed by atoms with E-state index in [2.05, 4.69) is 19.6 Å². The zero-order chi connectivity index (χ0) is 19.0. The quantitative estimate of drug-likeness (QED) is 0.611. The Balaban J connectivity index is 1.30. The van der Waals surface area contributed by atoms with Crippen LogP contribution in [0.4, 0.5) is 0 Å². The Bertz CT molecular complexity index is 649. The molecule has 6 aliphatic rings. The van der Waals surface area contributed by atoms with Crippen molar-refractivity contribution in [3.8, 4) is 0 Å². The number of hydrogen-bond donors (Lipinski definition) is 0. The van der Waals surface area contributed by atoms with Crippen LogP contribution >= 0.6 is 0 Å². The molecule has 6 rings (SSSR count). The van der Waals surface area contributed by atoms with Gasteiger partial charge in [-0.25, -0.2) is 0 Å². The molecule has 0 aromatic rings. The predicted octanol–water partition coefficient (Wildman–Crippen LogP) is 4.68. The number of rotatable bonds is 1. The minimum atomic E-state index is -0.289. The highest BCUT2D eigenvalue weighted by Crippen LogP contribution is 2.70. The van der Waals surface area contributed by atoms with Gasteiger partial charge in [-0.15, -0.1) is 6.58 Å². The predicted molar refractivity (Wildman–Crippen MR) is 106 cm³/mol. The second-order valence-electron chi connectivity index (χ2n) is 10.7. The Kier molecular flexibility index (Phi) is 3.97. The monoisotopic (exact) mass is 388 g/mol. The van der Waals surface area contributed by atoms with Gasteiger partial charge in [-0.3, -0.25) is 0 Å². The van der Waals surface area contributed by atoms with Crippen LogP contribution in [0.15, 0.2) is 12.7 Å². The zero-order valence-corrected chi connectivity index (χ0v) is 17.4. The van der Waals surface area contributed by atoms with Crippen LogP contribution in [0, 0.1) is 34.5 Å². The van der Waals surface area contributed by atoms with Gasteiger partial charge in [0.2, 0.25) is 0 Å². The first kappa shape index (κ1) is 18.4. The third-order valence-electron chi connectivity index (χ3n) is 10.2. The highest BCUT2D eigenvalue weighted by Gasteiger charge is 2.68. The summed E-state index contributed by atoms with van der Waals surface area (Å²) in [7, 11) is 0. The molecule has 2 heterocycles. The molecular formula is C24H36O4. The van der Waals surface area contributed by atoms with Crippen molar-refractivity contribution >= 4 is 0 Å². The fraction of sp³-hybridized carbons (Fsp3) is 0.917. The summed E-state index contributed by atoms with van der Waals surface area (Å²) in [5.74, 6) is 2.38. The van der Waals surface area contributed by atoms with Crippen molar-refractivity contribution < 1.29 is 18.9 Å². The van der Waals surface area contributed by atoms with Gasteiger partial charge in [0.05, 0.1) is 26.4 Å². The maximum atomic E-state index is 6.30. The topological polar surface area (TPSA) is 36.9 Å². The molecule has 0 radical (unpaired) electrons. The molecule has 0 amide bonds. The molecule has 2 spiro atoms. The molecule has 0 N–H and O–H groups in total. The SMILES string of the molecule is C=C[C@]12CCC3(C[C@H]1CC[C@@H]1[C@@H]2CC[C@@]2(C)[C@H]1CCC21OCCO1)OCCO3. The molecule has 0 bridgehead atoms. The molecule has 6 atom stereocenters. The fourth-order valence-corrected chi connectivity index (χ4v) is 8.95. The van der Waals surface area contributed by atoms with Crippen LogP contribution in [0.2, 0.25) is 0 Å². The Morgan fingerprint density at radius 1 is 0.786 bits per heavy atom. The van der Waals surface area contributed by atoms with Crippen molar-refractivity contribution in [3.05, 3.63) is 12.7 Å². The highest BCUT2D eigenvalue weighted by atomic mass is 16.7. The fourth-order valence-electron chi connectivity index (χ4n) is 8.95. The van der Waals surface area contributed by atoms with E-state index in [0.717, 1.165) is 63.4 Å². The summed E-state index contributed by atoms with van der Waals surface area (Å²) in [6.07, 6.45) is 13.2. The molecule has 156 valence electrons. The minimum Gasteiger partial charge on any atom is -0.348 e. The zero-order valence-electron chi connectivity index (χ0n) is 17.4. The molecule has 2 aliphatic heterocycles. The lowest BCUT2D eigenvalue weighted by atomic mass is 9.44. The lowest BCUT2D eigenvalue weighted by Crippen LogP contribution is -2.58. The summed E-state index contributed by atoms with van der Waals surface area (Å²) in [4.78, 5) is 0. The van der Waals surface area contributed by atoms with Crippen LogP contribution < -0.4 is 0 Å². The van der Waals surface area contributed by atoms with Gasteiger partial charge in [0.25, 0.3) is 0 Å². The van der Waals surface area contributed by atoms with Gasteiger partial charge in [-0.2, -0.15) is 0 Å². The molecule has 28 heavy (non-hydrogen) atoms. The normalized spacial score (nSPS) is 51.0. The van der Waals surface area contributed by atoms with E-state index in [1.165, 1.54) is 38.5 Å². The molecule has 0 aromatic carbocycles. The average molecular weight is 389 g/mol. The second-order valence-corrected chi connectivity index (χ2v) is 10.7. The van der Waals surface area contributed by atoms with Crippen LogP contribution in [0.3, 0.4) is 0 Å². The third kappa shape index (κ3) is 2.16. The Hall–Kier alpha value is -0.420. The molecular weight excluding hydrogens is 352 g/mol. The average Bonchev–Trinajstić information content (AvgIpc) is 3.43. The lowest BCUT2D eigenvalue weighted by Gasteiger charge is -2.62. The van der Waals surface area contributed by atoms with E-state index in [0.29, 0.717) is 5.92 Å². The van der Waals surface area contributed by atoms with E-state index in [9.17, 15) is 0 Å². The molecule has 4 heteroatoms. The van der Waals surface area contributed by atoms with Crippen molar-refractivity contribution in [2.75, 3.05) is 26.4 Å². The van der Waals surface area contributed by atoms with Crippen LogP contribution in [0.1, 0.15) is 64.7 Å². The second kappa shape index (κ2) is 6.06. The van der Waals surface area contributed by atoms with E-state index in [1.54, 1.807) is 0 Å². The first-order valence-electron chi connectivity index (χ1n) is 11.8. The van der Waals surface area contributed by atoms with E-state index >= 15 is 0 Å². The Labute approximate surface area is 169 Å². The first-order valence-corrected chi connectivity index (χ1v) is 11.8.